The van der Waals surface area contributed by atoms with Gasteiger partial charge in [-0.15, -0.1) is 0 Å². The van der Waals surface area contributed by atoms with E-state index in [0.29, 0.717) is 6.61 Å². The van der Waals surface area contributed by atoms with Crippen LogP contribution in [0.25, 0.3) is 0 Å². The third-order valence-corrected chi connectivity index (χ3v) is 2.46. The number of rotatable bonds is 3. The third kappa shape index (κ3) is 5.23. The molecule has 0 amide bonds. The minimum atomic E-state index is 0. The van der Waals surface area contributed by atoms with Crippen LogP contribution in [0.2, 0.25) is 5.02 Å². The van der Waals surface area contributed by atoms with Gasteiger partial charge < -0.3 is 14.8 Å². The lowest BCUT2D eigenvalue weighted by atomic mass is 10.2. The fourth-order valence-electron chi connectivity index (χ4n) is 1.29. The van der Waals surface area contributed by atoms with Crippen LogP contribution in [0.1, 0.15) is 5.56 Å². The zero-order chi connectivity index (χ0) is 13.2. The molecule has 0 unspecified atom stereocenters. The fraction of sp³-hybridized carbons (Fsp3) is 0.0769. The lowest BCUT2D eigenvalue weighted by molar-refractivity contribution is 0.306. The molecule has 0 aliphatic rings. The molecule has 0 saturated heterocycles. The van der Waals surface area contributed by atoms with Crippen molar-refractivity contribution in [2.45, 2.75) is 6.61 Å². The van der Waals surface area contributed by atoms with Gasteiger partial charge in [-0.3, -0.25) is 0 Å². The molecule has 0 spiro atoms. The summed E-state index contributed by atoms with van der Waals surface area (Å²) in [6, 6.07) is 17.4. The van der Waals surface area contributed by atoms with Crippen molar-refractivity contribution in [3.63, 3.8) is 0 Å². The zero-order valence-electron chi connectivity index (χ0n) is 9.66. The Balaban J connectivity index is 0.000000492. The molecule has 18 heavy (non-hydrogen) atoms. The summed E-state index contributed by atoms with van der Waals surface area (Å²) >= 11 is 6.01. The summed E-state index contributed by atoms with van der Waals surface area (Å²) in [6.45, 7) is 0.504. The Hall–Kier alpha value is -1.49. The molecule has 0 bridgehead atoms. The number of benzene rings is 2. The van der Waals surface area contributed by atoms with Crippen molar-refractivity contribution in [2.75, 3.05) is 0 Å². The van der Waals surface area contributed by atoms with Crippen LogP contribution >= 0.6 is 11.6 Å². The summed E-state index contributed by atoms with van der Waals surface area (Å²) in [7, 11) is 0. The minimum Gasteiger partial charge on any atom is -0.489 e. The lowest BCUT2D eigenvalue weighted by Crippen LogP contribution is -1.95. The maximum atomic E-state index is 7.00. The van der Waals surface area contributed by atoms with Crippen LogP contribution in [-0.4, -0.2) is 17.7 Å². The number of halogens is 1. The first-order valence-corrected chi connectivity index (χ1v) is 5.67. The predicted octanol–water partition coefficient (Wildman–Crippen LogP) is 2.42. The van der Waals surface area contributed by atoms with Crippen LogP contribution in [0.4, 0.5) is 0 Å². The van der Waals surface area contributed by atoms with Crippen molar-refractivity contribution >= 4 is 19.3 Å². The van der Waals surface area contributed by atoms with Crippen LogP contribution in [0.15, 0.2) is 54.6 Å². The standard InChI is InChI=1S/C13H11ClO.BH2O2/c14-13-9-5-4-6-11(13)10-15-12-7-2-1-3-8-12;2-1-3/h1-9H,10H2;2-3H. The Bertz CT molecular complexity index is 451. The molecule has 93 valence electrons. The van der Waals surface area contributed by atoms with E-state index >= 15 is 0 Å². The molecule has 0 fully saturated rings. The van der Waals surface area contributed by atoms with E-state index < -0.39 is 0 Å². The van der Waals surface area contributed by atoms with Gasteiger partial charge in [-0.1, -0.05) is 48.0 Å². The molecule has 2 aromatic carbocycles. The molecule has 5 heteroatoms. The second-order valence-corrected chi connectivity index (χ2v) is 3.72. The summed E-state index contributed by atoms with van der Waals surface area (Å²) in [5, 5.41) is 14.7. The van der Waals surface area contributed by atoms with Crippen LogP contribution in [-0.2, 0) is 6.61 Å². The molecule has 0 aliphatic heterocycles. The molecule has 2 aromatic rings. The monoisotopic (exact) mass is 263 g/mol. The normalized spacial score (nSPS) is 9.06. The first kappa shape index (κ1) is 14.6. The molecule has 1 radical (unpaired) electrons. The number of ether oxygens (including phenoxy) is 1. The molecular weight excluding hydrogens is 250 g/mol. The summed E-state index contributed by atoms with van der Waals surface area (Å²) in [5.41, 5.74) is 1.00. The van der Waals surface area contributed by atoms with Gasteiger partial charge in [0.15, 0.2) is 0 Å². The van der Waals surface area contributed by atoms with Gasteiger partial charge in [0.1, 0.15) is 12.4 Å². The number of para-hydroxylation sites is 1. The van der Waals surface area contributed by atoms with Crippen molar-refractivity contribution < 1.29 is 14.8 Å². The first-order valence-electron chi connectivity index (χ1n) is 5.29. The Morgan fingerprint density at radius 1 is 0.944 bits per heavy atom. The molecule has 2 N–H and O–H groups in total. The van der Waals surface area contributed by atoms with Gasteiger partial charge in [0.2, 0.25) is 0 Å². The minimum absolute atomic E-state index is 0. The quantitative estimate of drug-likeness (QED) is 0.836. The second-order valence-electron chi connectivity index (χ2n) is 3.31. The van der Waals surface area contributed by atoms with Crippen LogP contribution in [0.3, 0.4) is 0 Å². The average molecular weight is 264 g/mol. The molecule has 0 heterocycles. The number of hydrogen-bond donors (Lipinski definition) is 2. The molecule has 0 aliphatic carbocycles. The van der Waals surface area contributed by atoms with E-state index in [2.05, 4.69) is 0 Å². The van der Waals surface area contributed by atoms with Gasteiger partial charge in [-0.2, -0.15) is 0 Å². The molecule has 3 nitrogen and oxygen atoms in total. The van der Waals surface area contributed by atoms with E-state index in [1.807, 2.05) is 54.6 Å². The Labute approximate surface area is 112 Å². The van der Waals surface area contributed by atoms with Crippen molar-refractivity contribution in [1.82, 2.24) is 0 Å². The summed E-state index contributed by atoms with van der Waals surface area (Å²) in [6.07, 6.45) is 0. The molecule has 0 saturated carbocycles. The predicted molar refractivity (Wildman–Crippen MR) is 72.4 cm³/mol. The Kier molecular flexibility index (Phi) is 6.95. The maximum absolute atomic E-state index is 7.00. The highest BCUT2D eigenvalue weighted by Gasteiger charge is 1.99. The SMILES string of the molecule is Clc1ccccc1COc1ccccc1.O[B]O. The third-order valence-electron chi connectivity index (χ3n) is 2.10. The topological polar surface area (TPSA) is 49.7 Å². The fourth-order valence-corrected chi connectivity index (χ4v) is 1.48. The van der Waals surface area contributed by atoms with Crippen molar-refractivity contribution in [3.05, 3.63) is 65.2 Å². The van der Waals surface area contributed by atoms with Gasteiger partial charge in [0.05, 0.1) is 0 Å². The Morgan fingerprint density at radius 2 is 1.50 bits per heavy atom. The summed E-state index contributed by atoms with van der Waals surface area (Å²) < 4.78 is 5.59. The molecule has 0 aromatic heterocycles. The molecular formula is C13H13BClO3. The first-order chi connectivity index (χ1) is 8.77. The number of hydrogen-bond acceptors (Lipinski definition) is 3. The van der Waals surface area contributed by atoms with Gasteiger partial charge >= 0.3 is 7.69 Å². The highest BCUT2D eigenvalue weighted by Crippen LogP contribution is 2.17. The van der Waals surface area contributed by atoms with Crippen LogP contribution < -0.4 is 4.74 Å². The van der Waals surface area contributed by atoms with Gasteiger partial charge in [-0.25, -0.2) is 0 Å². The van der Waals surface area contributed by atoms with E-state index in [0.717, 1.165) is 16.3 Å². The van der Waals surface area contributed by atoms with E-state index in [-0.39, 0.29) is 7.69 Å². The van der Waals surface area contributed by atoms with Crippen molar-refractivity contribution in [2.24, 2.45) is 0 Å². The molecule has 0 atom stereocenters. The van der Waals surface area contributed by atoms with Crippen LogP contribution in [0, 0.1) is 0 Å². The largest absolute Gasteiger partial charge is 0.489 e. The van der Waals surface area contributed by atoms with Gasteiger partial charge in [-0.05, 0) is 18.2 Å². The maximum Gasteiger partial charge on any atom is 0.482 e. The highest BCUT2D eigenvalue weighted by molar-refractivity contribution is 6.31. The summed E-state index contributed by atoms with van der Waals surface area (Å²) in [5.74, 6) is 0.859. The van der Waals surface area contributed by atoms with E-state index in [1.165, 1.54) is 0 Å². The van der Waals surface area contributed by atoms with E-state index in [9.17, 15) is 0 Å². The molecule has 2 rings (SSSR count). The van der Waals surface area contributed by atoms with E-state index in [1.54, 1.807) is 0 Å². The van der Waals surface area contributed by atoms with Crippen molar-refractivity contribution in [1.29, 1.82) is 0 Å². The van der Waals surface area contributed by atoms with Gasteiger partial charge in [0, 0.05) is 10.6 Å². The zero-order valence-corrected chi connectivity index (χ0v) is 10.4. The highest BCUT2D eigenvalue weighted by atomic mass is 35.5. The van der Waals surface area contributed by atoms with E-state index in [4.69, 9.17) is 26.4 Å². The average Bonchev–Trinajstić information content (AvgIpc) is 2.40. The van der Waals surface area contributed by atoms with Crippen molar-refractivity contribution in [3.8, 4) is 5.75 Å². The summed E-state index contributed by atoms with van der Waals surface area (Å²) in [4.78, 5) is 0. The van der Waals surface area contributed by atoms with Crippen LogP contribution in [0.5, 0.6) is 5.75 Å². The second kappa shape index (κ2) is 8.58. The Morgan fingerprint density at radius 3 is 2.11 bits per heavy atom. The smallest absolute Gasteiger partial charge is 0.482 e. The lowest BCUT2D eigenvalue weighted by Gasteiger charge is -2.06. The van der Waals surface area contributed by atoms with Gasteiger partial charge in [0.25, 0.3) is 0 Å².